The molecule has 0 atom stereocenters. The predicted molar refractivity (Wildman–Crippen MR) is 91.6 cm³/mol. The van der Waals surface area contributed by atoms with E-state index in [-0.39, 0.29) is 49.0 Å². The number of carbonyl (C=O) groups is 2. The molecule has 0 aromatic carbocycles. The number of sulfonamides is 1. The maximum atomic E-state index is 12.6. The molecule has 0 radical (unpaired) electrons. The fraction of sp³-hybridized carbons (Fsp3) is 0.438. The summed E-state index contributed by atoms with van der Waals surface area (Å²) in [5.74, 6) is -1.69. The van der Waals surface area contributed by atoms with E-state index < -0.39 is 21.9 Å². The fourth-order valence-electron chi connectivity index (χ4n) is 2.89. The molecule has 27 heavy (non-hydrogen) atoms. The monoisotopic (exact) mass is 397 g/mol. The number of nitrogens with zero attached hydrogens (tertiary/aromatic N) is 3. The molecule has 0 spiro atoms. The van der Waals surface area contributed by atoms with Crippen molar-refractivity contribution in [2.24, 2.45) is 0 Å². The van der Waals surface area contributed by atoms with Crippen molar-refractivity contribution in [2.45, 2.75) is 19.1 Å². The zero-order valence-electron chi connectivity index (χ0n) is 14.6. The summed E-state index contributed by atoms with van der Waals surface area (Å²) < 4.78 is 36.2. The normalized spacial score (nSPS) is 15.8. The fourth-order valence-corrected chi connectivity index (χ4v) is 4.32. The summed E-state index contributed by atoms with van der Waals surface area (Å²) in [5.41, 5.74) is 0.284. The number of carboxylic acid groups (broad SMARTS) is 1. The van der Waals surface area contributed by atoms with Crippen molar-refractivity contribution in [3.63, 3.8) is 0 Å². The molecule has 1 fully saturated rings. The van der Waals surface area contributed by atoms with Crippen molar-refractivity contribution in [2.75, 3.05) is 26.2 Å². The molecule has 1 N–H and O–H groups in total. The maximum absolute atomic E-state index is 12.6. The summed E-state index contributed by atoms with van der Waals surface area (Å²) in [7, 11) is -3.57. The molecule has 146 valence electrons. The highest BCUT2D eigenvalue weighted by Crippen LogP contribution is 2.20. The minimum atomic E-state index is -3.57. The van der Waals surface area contributed by atoms with Crippen molar-refractivity contribution in [3.8, 4) is 0 Å². The number of carbonyl (C=O) groups excluding carboxylic acids is 1. The number of aryl methyl sites for hydroxylation is 1. The largest absolute Gasteiger partial charge is 0.478 e. The number of aromatic nitrogens is 1. The third-order valence-electron chi connectivity index (χ3n) is 4.31. The summed E-state index contributed by atoms with van der Waals surface area (Å²) >= 11 is 0. The first-order valence-corrected chi connectivity index (χ1v) is 9.95. The van der Waals surface area contributed by atoms with Gasteiger partial charge in [-0.1, -0.05) is 12.1 Å². The first kappa shape index (κ1) is 19.1. The minimum Gasteiger partial charge on any atom is -0.478 e. The van der Waals surface area contributed by atoms with Crippen LogP contribution < -0.4 is 0 Å². The molecule has 10 nitrogen and oxygen atoms in total. The van der Waals surface area contributed by atoms with Crippen molar-refractivity contribution in [1.82, 2.24) is 14.4 Å². The summed E-state index contributed by atoms with van der Waals surface area (Å²) in [6.07, 6.45) is 1.66. The lowest BCUT2D eigenvalue weighted by molar-refractivity contribution is 0.0661. The van der Waals surface area contributed by atoms with Gasteiger partial charge in [0.05, 0.1) is 5.69 Å². The standard InChI is InChI=1S/C16H19N3O7S/c1-2-13-12(16(21)22)9-14(26-13)15(20)18-4-6-19(7-5-18)27(23,24)10-11-3-8-25-17-11/h3,8-9H,2,4-7,10H2,1H3,(H,21,22). The van der Waals surface area contributed by atoms with Crippen LogP contribution in [0.3, 0.4) is 0 Å². The highest BCUT2D eigenvalue weighted by Gasteiger charge is 2.31. The van der Waals surface area contributed by atoms with Gasteiger partial charge in [0.2, 0.25) is 10.0 Å². The third kappa shape index (κ3) is 4.03. The molecule has 2 aromatic rings. The first-order valence-electron chi connectivity index (χ1n) is 8.34. The molecule has 1 amide bonds. The van der Waals surface area contributed by atoms with Crippen LogP contribution in [0.15, 0.2) is 27.3 Å². The Morgan fingerprint density at radius 3 is 2.48 bits per heavy atom. The Bertz CT molecular complexity index is 925. The Balaban J connectivity index is 1.65. The van der Waals surface area contributed by atoms with Gasteiger partial charge >= 0.3 is 5.97 Å². The average Bonchev–Trinajstić information content (AvgIpc) is 3.30. The lowest BCUT2D eigenvalue weighted by Gasteiger charge is -2.33. The van der Waals surface area contributed by atoms with Crippen LogP contribution in [0.5, 0.6) is 0 Å². The van der Waals surface area contributed by atoms with Crippen molar-refractivity contribution >= 4 is 21.9 Å². The molecule has 1 saturated heterocycles. The van der Waals surface area contributed by atoms with Gasteiger partial charge in [0.1, 0.15) is 23.3 Å². The Kier molecular flexibility index (Phi) is 5.33. The van der Waals surface area contributed by atoms with Crippen molar-refractivity contribution < 1.29 is 32.1 Å². The van der Waals surface area contributed by atoms with Gasteiger partial charge in [0.15, 0.2) is 5.76 Å². The molecule has 11 heteroatoms. The Labute approximate surface area is 155 Å². The highest BCUT2D eigenvalue weighted by atomic mass is 32.2. The molecule has 3 heterocycles. The molecular formula is C16H19N3O7S. The molecule has 0 aliphatic carbocycles. The molecule has 3 rings (SSSR count). The number of furan rings is 1. The zero-order valence-corrected chi connectivity index (χ0v) is 15.4. The number of rotatable bonds is 6. The molecule has 2 aromatic heterocycles. The van der Waals surface area contributed by atoms with Crippen LogP contribution in [0.2, 0.25) is 0 Å². The number of hydrogen-bond donors (Lipinski definition) is 1. The predicted octanol–water partition coefficient (Wildman–Crippen LogP) is 0.816. The minimum absolute atomic E-state index is 0.0327. The Hall–Kier alpha value is -2.66. The van der Waals surface area contributed by atoms with Crippen LogP contribution in [0, 0.1) is 0 Å². The van der Waals surface area contributed by atoms with Crippen molar-refractivity contribution in [1.29, 1.82) is 0 Å². The molecule has 0 saturated carbocycles. The quantitative estimate of drug-likeness (QED) is 0.757. The summed E-state index contributed by atoms with van der Waals surface area (Å²) in [6, 6.07) is 2.71. The maximum Gasteiger partial charge on any atom is 0.339 e. The number of hydrogen-bond acceptors (Lipinski definition) is 7. The lowest BCUT2D eigenvalue weighted by atomic mass is 10.2. The topological polar surface area (TPSA) is 134 Å². The second-order valence-corrected chi connectivity index (χ2v) is 8.01. The van der Waals surface area contributed by atoms with Gasteiger partial charge in [-0.05, 0) is 0 Å². The third-order valence-corrected chi connectivity index (χ3v) is 6.12. The van der Waals surface area contributed by atoms with E-state index >= 15 is 0 Å². The molecule has 0 bridgehead atoms. The second kappa shape index (κ2) is 7.53. The van der Waals surface area contributed by atoms with E-state index in [9.17, 15) is 18.0 Å². The van der Waals surface area contributed by atoms with Gasteiger partial charge in [-0.2, -0.15) is 4.31 Å². The first-order chi connectivity index (χ1) is 12.8. The Morgan fingerprint density at radius 1 is 1.26 bits per heavy atom. The lowest BCUT2D eigenvalue weighted by Crippen LogP contribution is -2.50. The second-order valence-electron chi connectivity index (χ2n) is 6.04. The van der Waals surface area contributed by atoms with Gasteiger partial charge in [0, 0.05) is 44.7 Å². The number of aromatic carboxylic acids is 1. The SMILES string of the molecule is CCc1oc(C(=O)N2CCN(S(=O)(=O)Cc3ccon3)CC2)cc1C(=O)O. The van der Waals surface area contributed by atoms with E-state index in [1.54, 1.807) is 6.92 Å². The molecular weight excluding hydrogens is 378 g/mol. The van der Waals surface area contributed by atoms with E-state index in [4.69, 9.17) is 9.52 Å². The van der Waals surface area contributed by atoms with Gasteiger partial charge in [-0.3, -0.25) is 4.79 Å². The van der Waals surface area contributed by atoms with Gasteiger partial charge in [-0.25, -0.2) is 13.2 Å². The van der Waals surface area contributed by atoms with E-state index in [0.717, 1.165) is 0 Å². The number of carboxylic acids is 1. The highest BCUT2D eigenvalue weighted by molar-refractivity contribution is 7.88. The van der Waals surface area contributed by atoms with Gasteiger partial charge in [-0.15, -0.1) is 0 Å². The van der Waals surface area contributed by atoms with Crippen molar-refractivity contribution in [3.05, 3.63) is 41.2 Å². The van der Waals surface area contributed by atoms with Gasteiger partial charge < -0.3 is 18.9 Å². The molecule has 1 aliphatic rings. The Morgan fingerprint density at radius 2 is 1.96 bits per heavy atom. The van der Waals surface area contributed by atoms with E-state index in [1.807, 2.05) is 0 Å². The van der Waals surface area contributed by atoms with Crippen LogP contribution in [-0.4, -0.2) is 65.9 Å². The smallest absolute Gasteiger partial charge is 0.339 e. The summed E-state index contributed by atoms with van der Waals surface area (Å²) in [4.78, 5) is 25.2. The van der Waals surface area contributed by atoms with Crippen LogP contribution in [0.25, 0.3) is 0 Å². The van der Waals surface area contributed by atoms with E-state index in [0.29, 0.717) is 12.1 Å². The summed E-state index contributed by atoms with van der Waals surface area (Å²) in [5, 5.41) is 12.8. The van der Waals surface area contributed by atoms with Crippen LogP contribution >= 0.6 is 0 Å². The molecule has 0 unspecified atom stereocenters. The zero-order chi connectivity index (χ0) is 19.6. The summed E-state index contributed by atoms with van der Waals surface area (Å²) in [6.45, 7) is 2.37. The van der Waals surface area contributed by atoms with Gasteiger partial charge in [0.25, 0.3) is 5.91 Å². The van der Waals surface area contributed by atoms with Crippen LogP contribution in [0.1, 0.15) is 39.3 Å². The number of amides is 1. The van der Waals surface area contributed by atoms with E-state index in [1.165, 1.54) is 27.6 Å². The van der Waals surface area contributed by atoms with Crippen LogP contribution in [0.4, 0.5) is 0 Å². The number of piperazine rings is 1. The van der Waals surface area contributed by atoms with Crippen LogP contribution in [-0.2, 0) is 22.2 Å². The molecule has 1 aliphatic heterocycles. The average molecular weight is 397 g/mol. The van der Waals surface area contributed by atoms with E-state index in [2.05, 4.69) is 9.68 Å².